The molecule has 5 nitrogen and oxygen atoms in total. The van der Waals surface area contributed by atoms with E-state index in [0.717, 1.165) is 10.2 Å². The summed E-state index contributed by atoms with van der Waals surface area (Å²) in [4.78, 5) is 20.4. The summed E-state index contributed by atoms with van der Waals surface area (Å²) in [7, 11) is 0. The molecule has 1 aromatic carbocycles. The van der Waals surface area contributed by atoms with Crippen LogP contribution in [0.3, 0.4) is 0 Å². The average molecular weight is 347 g/mol. The lowest BCUT2D eigenvalue weighted by molar-refractivity contribution is 0.0952. The van der Waals surface area contributed by atoms with Crippen LogP contribution in [0.25, 0.3) is 0 Å². The van der Waals surface area contributed by atoms with Crippen molar-refractivity contribution in [3.8, 4) is 0 Å². The molecule has 21 heavy (non-hydrogen) atoms. The third-order valence-corrected chi connectivity index (χ3v) is 3.07. The van der Waals surface area contributed by atoms with Gasteiger partial charge >= 0.3 is 0 Å². The highest BCUT2D eigenvalue weighted by atomic mass is 79.9. The Balaban J connectivity index is 2.22. The van der Waals surface area contributed by atoms with Crippen molar-refractivity contribution >= 4 is 33.3 Å². The van der Waals surface area contributed by atoms with Crippen LogP contribution in [-0.4, -0.2) is 22.4 Å². The van der Waals surface area contributed by atoms with E-state index in [-0.39, 0.29) is 5.91 Å². The van der Waals surface area contributed by atoms with E-state index in [2.05, 4.69) is 43.1 Å². The summed E-state index contributed by atoms with van der Waals surface area (Å²) in [6.45, 7) is 5.71. The van der Waals surface area contributed by atoms with Gasteiger partial charge in [0.05, 0.1) is 0 Å². The van der Waals surface area contributed by atoms with E-state index in [4.69, 9.17) is 0 Å². The zero-order valence-corrected chi connectivity index (χ0v) is 13.1. The summed E-state index contributed by atoms with van der Waals surface area (Å²) in [5, 5.41) is 5.85. The number of nitrogens with zero attached hydrogens (tertiary/aromatic N) is 2. The minimum absolute atomic E-state index is 0.252. The van der Waals surface area contributed by atoms with Crippen LogP contribution in [0.5, 0.6) is 0 Å². The maximum atomic E-state index is 11.9. The van der Waals surface area contributed by atoms with E-state index in [1.54, 1.807) is 19.1 Å². The van der Waals surface area contributed by atoms with Crippen molar-refractivity contribution in [3.05, 3.63) is 59.0 Å². The summed E-state index contributed by atoms with van der Waals surface area (Å²) in [5.41, 5.74) is 1.20. The van der Waals surface area contributed by atoms with E-state index in [0.29, 0.717) is 23.9 Å². The van der Waals surface area contributed by atoms with E-state index in [9.17, 15) is 4.79 Å². The maximum Gasteiger partial charge on any atom is 0.270 e. The predicted octanol–water partition coefficient (Wildman–Crippen LogP) is 3.21. The highest BCUT2D eigenvalue weighted by Gasteiger charge is 2.09. The third-order valence-electron chi connectivity index (χ3n) is 2.57. The Morgan fingerprint density at radius 1 is 1.38 bits per heavy atom. The Morgan fingerprint density at radius 3 is 2.90 bits per heavy atom. The molecule has 2 N–H and O–H groups in total. The number of aromatic nitrogens is 2. The van der Waals surface area contributed by atoms with Crippen LogP contribution in [0.2, 0.25) is 0 Å². The molecule has 6 heteroatoms. The Morgan fingerprint density at radius 2 is 2.19 bits per heavy atom. The average Bonchev–Trinajstić information content (AvgIpc) is 2.44. The number of aryl methyl sites for hydroxylation is 1. The number of benzene rings is 1. The van der Waals surface area contributed by atoms with Gasteiger partial charge in [-0.15, -0.1) is 6.58 Å². The van der Waals surface area contributed by atoms with Gasteiger partial charge in [-0.25, -0.2) is 9.97 Å². The normalized spacial score (nSPS) is 10.0. The topological polar surface area (TPSA) is 66.9 Å². The van der Waals surface area contributed by atoms with Crippen molar-refractivity contribution < 1.29 is 4.79 Å². The first kappa shape index (κ1) is 15.2. The lowest BCUT2D eigenvalue weighted by Gasteiger charge is -2.09. The highest BCUT2D eigenvalue weighted by Crippen LogP contribution is 2.19. The number of hydrogen-bond acceptors (Lipinski definition) is 4. The van der Waals surface area contributed by atoms with Crippen LogP contribution >= 0.6 is 15.9 Å². The molecule has 0 aliphatic heterocycles. The lowest BCUT2D eigenvalue weighted by atomic mass is 10.3. The predicted molar refractivity (Wildman–Crippen MR) is 86.7 cm³/mol. The monoisotopic (exact) mass is 346 g/mol. The van der Waals surface area contributed by atoms with Gasteiger partial charge in [0.15, 0.2) is 0 Å². The number of nitrogens with one attached hydrogen (secondary N) is 2. The van der Waals surface area contributed by atoms with Gasteiger partial charge in [0, 0.05) is 22.8 Å². The summed E-state index contributed by atoms with van der Waals surface area (Å²) >= 11 is 3.41. The van der Waals surface area contributed by atoms with Gasteiger partial charge in [-0.05, 0) is 25.1 Å². The second kappa shape index (κ2) is 6.99. The van der Waals surface area contributed by atoms with Gasteiger partial charge in [-0.3, -0.25) is 4.79 Å². The van der Waals surface area contributed by atoms with Crippen molar-refractivity contribution in [1.82, 2.24) is 15.3 Å². The minimum Gasteiger partial charge on any atom is -0.347 e. The summed E-state index contributed by atoms with van der Waals surface area (Å²) in [6.07, 6.45) is 1.62. The molecule has 2 rings (SSSR count). The van der Waals surface area contributed by atoms with Crippen LogP contribution in [0, 0.1) is 6.92 Å². The molecular formula is C15H15BrN4O. The van der Waals surface area contributed by atoms with E-state index >= 15 is 0 Å². The summed E-state index contributed by atoms with van der Waals surface area (Å²) in [6, 6.07) is 9.31. The molecule has 0 saturated carbocycles. The highest BCUT2D eigenvalue weighted by molar-refractivity contribution is 9.10. The smallest absolute Gasteiger partial charge is 0.270 e. The standard InChI is InChI=1S/C15H15BrN4O/c1-3-7-17-15(21)13-9-14(19-10(2)18-13)20-12-6-4-5-11(16)8-12/h3-6,8-9H,1,7H2,2H3,(H,17,21)(H,18,19,20). The number of hydrogen-bond donors (Lipinski definition) is 2. The maximum absolute atomic E-state index is 11.9. The first-order valence-corrected chi connectivity index (χ1v) is 7.15. The van der Waals surface area contributed by atoms with Crippen molar-refractivity contribution in [1.29, 1.82) is 0 Å². The minimum atomic E-state index is -0.252. The number of carbonyl (C=O) groups is 1. The molecular weight excluding hydrogens is 332 g/mol. The van der Waals surface area contributed by atoms with Gasteiger partial charge in [-0.1, -0.05) is 28.1 Å². The fraction of sp³-hybridized carbons (Fsp3) is 0.133. The Labute approximate surface area is 131 Å². The Bertz CT molecular complexity index is 672. The Hall–Kier alpha value is -2.21. The van der Waals surface area contributed by atoms with Crippen molar-refractivity contribution in [2.24, 2.45) is 0 Å². The van der Waals surface area contributed by atoms with Crippen LogP contribution in [0.15, 0.2) is 47.5 Å². The number of amides is 1. The zero-order chi connectivity index (χ0) is 15.2. The molecule has 1 aromatic heterocycles. The third kappa shape index (κ3) is 4.39. The Kier molecular flexibility index (Phi) is 5.05. The van der Waals surface area contributed by atoms with Crippen LogP contribution in [0.1, 0.15) is 16.3 Å². The molecule has 1 amide bonds. The quantitative estimate of drug-likeness (QED) is 0.815. The largest absolute Gasteiger partial charge is 0.347 e. The van der Waals surface area contributed by atoms with E-state index in [1.165, 1.54) is 0 Å². The fourth-order valence-electron chi connectivity index (χ4n) is 1.72. The molecule has 0 fully saturated rings. The van der Waals surface area contributed by atoms with Crippen LogP contribution < -0.4 is 10.6 Å². The number of carbonyl (C=O) groups excluding carboxylic acids is 1. The molecule has 0 saturated heterocycles. The molecule has 0 atom stereocenters. The molecule has 0 aliphatic carbocycles. The molecule has 0 unspecified atom stereocenters. The fourth-order valence-corrected chi connectivity index (χ4v) is 2.12. The zero-order valence-electron chi connectivity index (χ0n) is 11.6. The molecule has 0 bridgehead atoms. The van der Waals surface area contributed by atoms with Gasteiger partial charge in [0.25, 0.3) is 5.91 Å². The van der Waals surface area contributed by atoms with Crippen LogP contribution in [-0.2, 0) is 0 Å². The molecule has 0 radical (unpaired) electrons. The first-order chi connectivity index (χ1) is 10.1. The van der Waals surface area contributed by atoms with Gasteiger partial charge in [-0.2, -0.15) is 0 Å². The second-order valence-electron chi connectivity index (χ2n) is 4.32. The van der Waals surface area contributed by atoms with E-state index < -0.39 is 0 Å². The van der Waals surface area contributed by atoms with Crippen molar-refractivity contribution in [2.75, 3.05) is 11.9 Å². The second-order valence-corrected chi connectivity index (χ2v) is 5.24. The van der Waals surface area contributed by atoms with Crippen LogP contribution in [0.4, 0.5) is 11.5 Å². The van der Waals surface area contributed by atoms with Gasteiger partial charge < -0.3 is 10.6 Å². The SMILES string of the molecule is C=CCNC(=O)c1cc(Nc2cccc(Br)c2)nc(C)n1. The number of rotatable bonds is 5. The van der Waals surface area contributed by atoms with Gasteiger partial charge in [0.1, 0.15) is 17.3 Å². The summed E-state index contributed by atoms with van der Waals surface area (Å²) < 4.78 is 0.960. The molecule has 0 aliphatic rings. The first-order valence-electron chi connectivity index (χ1n) is 6.36. The van der Waals surface area contributed by atoms with E-state index in [1.807, 2.05) is 24.3 Å². The van der Waals surface area contributed by atoms with Gasteiger partial charge in [0.2, 0.25) is 0 Å². The lowest BCUT2D eigenvalue weighted by Crippen LogP contribution is -2.24. The van der Waals surface area contributed by atoms with Crippen molar-refractivity contribution in [3.63, 3.8) is 0 Å². The molecule has 2 aromatic rings. The summed E-state index contributed by atoms with van der Waals surface area (Å²) in [5.74, 6) is 0.848. The molecule has 1 heterocycles. The number of halogens is 1. The number of anilines is 2. The van der Waals surface area contributed by atoms with Crippen molar-refractivity contribution in [2.45, 2.75) is 6.92 Å². The molecule has 0 spiro atoms. The molecule has 108 valence electrons.